The second-order valence-electron chi connectivity index (χ2n) is 9.16. The number of aliphatic hydroxyl groups excluding tert-OH is 2. The lowest BCUT2D eigenvalue weighted by atomic mass is 10.0. The summed E-state index contributed by atoms with van der Waals surface area (Å²) >= 11 is 0. The van der Waals surface area contributed by atoms with Gasteiger partial charge in [0.05, 0.1) is 23.2 Å². The van der Waals surface area contributed by atoms with Crippen molar-refractivity contribution in [3.8, 4) is 5.75 Å². The van der Waals surface area contributed by atoms with Crippen LogP contribution in [0.1, 0.15) is 66.9 Å². The van der Waals surface area contributed by atoms with Gasteiger partial charge < -0.3 is 25.4 Å². The second-order valence-corrected chi connectivity index (χ2v) is 10.7. The van der Waals surface area contributed by atoms with Crippen molar-refractivity contribution in [2.75, 3.05) is 26.3 Å². The zero-order chi connectivity index (χ0) is 28.2. The first-order valence-corrected chi connectivity index (χ1v) is 14.1. The molecule has 6 N–H and O–H groups in total. The highest BCUT2D eigenvalue weighted by molar-refractivity contribution is 7.89. The van der Waals surface area contributed by atoms with Gasteiger partial charge in [-0.05, 0) is 80.1 Å². The number of halogens is 3. The summed E-state index contributed by atoms with van der Waals surface area (Å²) in [6, 6.07) is 7.34. The maximum Gasteiger partial charge on any atom is 0.416 e. The number of ether oxygens (including phenoxy) is 1. The van der Waals surface area contributed by atoms with Crippen molar-refractivity contribution < 1.29 is 41.6 Å². The molecule has 214 valence electrons. The van der Waals surface area contributed by atoms with Crippen LogP contribution in [0.5, 0.6) is 5.75 Å². The van der Waals surface area contributed by atoms with E-state index in [9.17, 15) is 36.9 Å². The molecule has 0 aliphatic rings. The first-order valence-electron chi connectivity index (χ1n) is 12.5. The number of hydrogen-bond donors (Lipinski definition) is 5. The fraction of sp³-hybridized carbons (Fsp3) is 0.538. The predicted molar refractivity (Wildman–Crippen MR) is 137 cm³/mol. The van der Waals surface area contributed by atoms with Gasteiger partial charge in [-0.1, -0.05) is 18.9 Å². The Morgan fingerprint density at radius 3 is 2.32 bits per heavy atom. The summed E-state index contributed by atoms with van der Waals surface area (Å²) in [5.74, 6) is -0.00326. The minimum atomic E-state index is -4.66. The summed E-state index contributed by atoms with van der Waals surface area (Å²) in [7, 11) is -4.24. The van der Waals surface area contributed by atoms with Gasteiger partial charge in [-0.2, -0.15) is 13.2 Å². The third-order valence-corrected chi connectivity index (χ3v) is 6.91. The number of nitrogens with one attached hydrogen (secondary N) is 1. The molecule has 0 amide bonds. The highest BCUT2D eigenvalue weighted by Gasteiger charge is 2.32. The van der Waals surface area contributed by atoms with Crippen molar-refractivity contribution >= 4 is 10.0 Å². The number of hydrogen-bond acceptors (Lipinski definition) is 7. The van der Waals surface area contributed by atoms with Crippen LogP contribution in [0.3, 0.4) is 0 Å². The van der Waals surface area contributed by atoms with E-state index in [1.807, 2.05) is 0 Å². The number of primary sulfonamides is 1. The molecule has 2 aromatic rings. The molecule has 0 bridgehead atoms. The van der Waals surface area contributed by atoms with Gasteiger partial charge in [0.2, 0.25) is 10.0 Å². The lowest BCUT2D eigenvalue weighted by Crippen LogP contribution is -2.22. The van der Waals surface area contributed by atoms with Crippen molar-refractivity contribution in [1.29, 1.82) is 0 Å². The Morgan fingerprint density at radius 2 is 1.66 bits per heavy atom. The largest absolute Gasteiger partial charge is 0.508 e. The van der Waals surface area contributed by atoms with Gasteiger partial charge in [0.1, 0.15) is 5.75 Å². The highest BCUT2D eigenvalue weighted by atomic mass is 32.2. The normalized spacial score (nSPS) is 13.1. The van der Waals surface area contributed by atoms with Crippen molar-refractivity contribution in [2.24, 2.45) is 5.14 Å². The topological polar surface area (TPSA) is 142 Å². The fourth-order valence-corrected chi connectivity index (χ4v) is 4.48. The number of rotatable bonds is 17. The van der Waals surface area contributed by atoms with Crippen LogP contribution in [0, 0.1) is 0 Å². The first kappa shape index (κ1) is 32.0. The number of phenols is 1. The van der Waals surface area contributed by atoms with Gasteiger partial charge in [0.15, 0.2) is 0 Å². The second kappa shape index (κ2) is 15.4. The fourth-order valence-electron chi connectivity index (χ4n) is 3.87. The zero-order valence-corrected chi connectivity index (χ0v) is 22.0. The molecule has 0 radical (unpaired) electrons. The van der Waals surface area contributed by atoms with Crippen LogP contribution in [0.4, 0.5) is 13.2 Å². The molecular formula is C26H37F3N2O6S. The Bertz CT molecular complexity index is 1110. The molecule has 0 aliphatic carbocycles. The van der Waals surface area contributed by atoms with Crippen molar-refractivity contribution in [3.05, 3.63) is 58.7 Å². The Kier molecular flexibility index (Phi) is 13.0. The quantitative estimate of drug-likeness (QED) is 0.185. The molecule has 0 heterocycles. The van der Waals surface area contributed by atoms with Gasteiger partial charge in [-0.3, -0.25) is 0 Å². The third kappa shape index (κ3) is 11.3. The van der Waals surface area contributed by atoms with Crippen LogP contribution in [-0.2, 0) is 34.0 Å². The van der Waals surface area contributed by atoms with Gasteiger partial charge in [-0.15, -0.1) is 0 Å². The van der Waals surface area contributed by atoms with Crippen LogP contribution in [0.2, 0.25) is 0 Å². The van der Waals surface area contributed by atoms with E-state index in [4.69, 9.17) is 9.88 Å². The van der Waals surface area contributed by atoms with E-state index >= 15 is 0 Å². The minimum Gasteiger partial charge on any atom is -0.508 e. The summed E-state index contributed by atoms with van der Waals surface area (Å²) in [4.78, 5) is -0.543. The SMILES string of the molecule is NS(=O)(=O)c1cc(CCCCOCCCCCCNC[C@@H](O)c2ccc(O)c(CO)c2)cc(C(F)(F)F)c1. The Labute approximate surface area is 221 Å². The van der Waals surface area contributed by atoms with Gasteiger partial charge in [-0.25, -0.2) is 13.6 Å². The number of unbranched alkanes of at least 4 members (excludes halogenated alkanes) is 4. The van der Waals surface area contributed by atoms with E-state index in [1.54, 1.807) is 12.1 Å². The average molecular weight is 563 g/mol. The molecule has 0 fully saturated rings. The first-order chi connectivity index (χ1) is 17.9. The molecule has 2 aromatic carbocycles. The monoisotopic (exact) mass is 562 g/mol. The number of nitrogens with two attached hydrogens (primary N) is 1. The summed E-state index contributed by atoms with van der Waals surface area (Å²) in [6.07, 6.45) is -0.152. The Balaban J connectivity index is 1.53. The van der Waals surface area contributed by atoms with Crippen molar-refractivity contribution in [1.82, 2.24) is 5.32 Å². The lowest BCUT2D eigenvalue weighted by molar-refractivity contribution is -0.137. The number of aryl methyl sites for hydroxylation is 1. The molecule has 1 atom stereocenters. The summed E-state index contributed by atoms with van der Waals surface area (Å²) < 4.78 is 67.8. The summed E-state index contributed by atoms with van der Waals surface area (Å²) in [6.45, 7) is 1.86. The van der Waals surface area contributed by atoms with Gasteiger partial charge in [0, 0.05) is 25.3 Å². The minimum absolute atomic E-state index is 0.00326. The smallest absolute Gasteiger partial charge is 0.416 e. The van der Waals surface area contributed by atoms with Crippen LogP contribution >= 0.6 is 0 Å². The van der Waals surface area contributed by atoms with Crippen LogP contribution < -0.4 is 10.5 Å². The van der Waals surface area contributed by atoms with Gasteiger partial charge in [0.25, 0.3) is 0 Å². The van der Waals surface area contributed by atoms with E-state index in [-0.39, 0.29) is 24.3 Å². The molecule has 0 aliphatic heterocycles. The summed E-state index contributed by atoms with van der Waals surface area (Å²) in [5.41, 5.74) is 0.233. The molecule has 0 saturated heterocycles. The molecular weight excluding hydrogens is 525 g/mol. The summed E-state index contributed by atoms with van der Waals surface area (Å²) in [5, 5.41) is 37.2. The van der Waals surface area contributed by atoms with Crippen molar-refractivity contribution in [2.45, 2.75) is 68.7 Å². The molecule has 0 aromatic heterocycles. The number of sulfonamides is 1. The van der Waals surface area contributed by atoms with E-state index in [0.717, 1.165) is 38.3 Å². The standard InChI is InChI=1S/C26H37F3N2O6S/c27-26(28,29)22-13-19(14-23(16-22)38(30,35)36)7-3-6-12-37-11-5-2-1-4-10-31-17-25(34)20-8-9-24(33)21(15-20)18-32/h8-9,13-16,25,31-34H,1-7,10-12,17-18H2,(H2,30,35,36)/t25-/m1/s1. The Hall–Kier alpha value is -2.22. The van der Waals surface area contributed by atoms with E-state index in [2.05, 4.69) is 5.32 Å². The third-order valence-electron chi connectivity index (χ3n) is 6.01. The van der Waals surface area contributed by atoms with Gasteiger partial charge >= 0.3 is 6.18 Å². The molecule has 38 heavy (non-hydrogen) atoms. The molecule has 12 heteroatoms. The number of aromatic hydroxyl groups is 1. The average Bonchev–Trinajstić information content (AvgIpc) is 2.85. The maximum atomic E-state index is 13.1. The zero-order valence-electron chi connectivity index (χ0n) is 21.2. The lowest BCUT2D eigenvalue weighted by Gasteiger charge is -2.14. The van der Waals surface area contributed by atoms with E-state index in [0.29, 0.717) is 49.8 Å². The van der Waals surface area contributed by atoms with Crippen LogP contribution in [-0.4, -0.2) is 50.0 Å². The molecule has 0 spiro atoms. The molecule has 2 rings (SSSR count). The van der Waals surface area contributed by atoms with E-state index in [1.165, 1.54) is 12.1 Å². The maximum absolute atomic E-state index is 13.1. The van der Waals surface area contributed by atoms with Crippen molar-refractivity contribution in [3.63, 3.8) is 0 Å². The van der Waals surface area contributed by atoms with Crippen LogP contribution in [0.25, 0.3) is 0 Å². The Morgan fingerprint density at radius 1 is 0.974 bits per heavy atom. The number of alkyl halides is 3. The highest BCUT2D eigenvalue weighted by Crippen LogP contribution is 2.32. The molecule has 0 unspecified atom stereocenters. The molecule has 8 nitrogen and oxygen atoms in total. The predicted octanol–water partition coefficient (Wildman–Crippen LogP) is 3.77. The number of aliphatic hydroxyl groups is 2. The number of benzene rings is 2. The van der Waals surface area contributed by atoms with E-state index < -0.39 is 32.8 Å². The van der Waals surface area contributed by atoms with Crippen LogP contribution in [0.15, 0.2) is 41.3 Å². The molecule has 0 saturated carbocycles.